The lowest BCUT2D eigenvalue weighted by Crippen LogP contribution is -2.08. The summed E-state index contributed by atoms with van der Waals surface area (Å²) in [7, 11) is 0. The molecule has 0 unspecified atom stereocenters. The van der Waals surface area contributed by atoms with Gasteiger partial charge < -0.3 is 5.32 Å². The van der Waals surface area contributed by atoms with Crippen molar-refractivity contribution in [2.75, 3.05) is 11.9 Å². The smallest absolute Gasteiger partial charge is 0.165 e. The molecule has 0 fully saturated rings. The third-order valence-corrected chi connectivity index (χ3v) is 4.79. The van der Waals surface area contributed by atoms with Gasteiger partial charge in [0.1, 0.15) is 5.82 Å². The summed E-state index contributed by atoms with van der Waals surface area (Å²) in [6.07, 6.45) is 4.11. The second-order valence-electron chi connectivity index (χ2n) is 6.47. The van der Waals surface area contributed by atoms with Crippen molar-refractivity contribution in [3.63, 3.8) is 0 Å². The molecule has 0 atom stereocenters. The van der Waals surface area contributed by atoms with E-state index in [0.717, 1.165) is 58.3 Å². The first-order valence-corrected chi connectivity index (χ1v) is 9.58. The summed E-state index contributed by atoms with van der Waals surface area (Å²) in [5.41, 5.74) is 4.88. The summed E-state index contributed by atoms with van der Waals surface area (Å²) in [6, 6.07) is 20.1. The minimum absolute atomic E-state index is 0.718. The average Bonchev–Trinajstić information content (AvgIpc) is 3.13. The average molecular weight is 377 g/mol. The van der Waals surface area contributed by atoms with Gasteiger partial charge in [0.15, 0.2) is 5.65 Å². The molecule has 27 heavy (non-hydrogen) atoms. The Labute approximate surface area is 163 Å². The first kappa shape index (κ1) is 17.6. The largest absolute Gasteiger partial charge is 0.370 e. The van der Waals surface area contributed by atoms with Gasteiger partial charge in [-0.1, -0.05) is 67.4 Å². The number of aromatic nitrogens is 3. The first-order chi connectivity index (χ1) is 13.3. The highest BCUT2D eigenvalue weighted by molar-refractivity contribution is 6.30. The molecule has 0 aliphatic rings. The summed E-state index contributed by atoms with van der Waals surface area (Å²) in [6.45, 7) is 3.09. The van der Waals surface area contributed by atoms with Crippen molar-refractivity contribution < 1.29 is 0 Å². The summed E-state index contributed by atoms with van der Waals surface area (Å²) < 4.78 is 1.88. The van der Waals surface area contributed by atoms with E-state index in [0.29, 0.717) is 0 Å². The van der Waals surface area contributed by atoms with Crippen molar-refractivity contribution in [2.45, 2.75) is 19.8 Å². The Hall–Kier alpha value is -2.85. The molecule has 0 aliphatic carbocycles. The van der Waals surface area contributed by atoms with Crippen LogP contribution in [0.1, 0.15) is 19.8 Å². The highest BCUT2D eigenvalue weighted by atomic mass is 35.5. The Kier molecular flexibility index (Phi) is 5.07. The summed E-state index contributed by atoms with van der Waals surface area (Å²) in [5, 5.41) is 8.82. The topological polar surface area (TPSA) is 42.2 Å². The van der Waals surface area contributed by atoms with Crippen molar-refractivity contribution in [3.05, 3.63) is 71.9 Å². The Morgan fingerprint density at radius 1 is 1.00 bits per heavy atom. The van der Waals surface area contributed by atoms with Crippen LogP contribution in [0.3, 0.4) is 0 Å². The number of unbranched alkanes of at least 4 members (excludes halogenated alkanes) is 1. The van der Waals surface area contributed by atoms with Gasteiger partial charge in [-0.25, -0.2) is 4.98 Å². The number of nitrogens with one attached hydrogen (secondary N) is 1. The lowest BCUT2D eigenvalue weighted by atomic mass is 10.1. The third kappa shape index (κ3) is 3.67. The second-order valence-corrected chi connectivity index (χ2v) is 6.91. The van der Waals surface area contributed by atoms with E-state index in [1.165, 1.54) is 0 Å². The zero-order valence-electron chi connectivity index (χ0n) is 15.2. The highest BCUT2D eigenvalue weighted by Crippen LogP contribution is 2.29. The molecule has 0 spiro atoms. The van der Waals surface area contributed by atoms with E-state index in [2.05, 4.69) is 35.5 Å². The van der Waals surface area contributed by atoms with Crippen LogP contribution in [0, 0.1) is 0 Å². The van der Waals surface area contributed by atoms with Gasteiger partial charge in [0.25, 0.3) is 0 Å². The van der Waals surface area contributed by atoms with E-state index in [1.807, 2.05) is 53.2 Å². The first-order valence-electron chi connectivity index (χ1n) is 9.20. The van der Waals surface area contributed by atoms with Crippen LogP contribution in [0.25, 0.3) is 28.0 Å². The SMILES string of the molecule is CCCCNc1cc(-c2ccccc2)nc2c(-c3ccc(Cl)cc3)cnn12. The van der Waals surface area contributed by atoms with Gasteiger partial charge in [-0.15, -0.1) is 0 Å². The van der Waals surface area contributed by atoms with Crippen LogP contribution in [0.5, 0.6) is 0 Å². The normalized spacial score (nSPS) is 11.0. The number of hydrogen-bond donors (Lipinski definition) is 1. The summed E-state index contributed by atoms with van der Waals surface area (Å²) in [5.74, 6) is 0.951. The Morgan fingerprint density at radius 3 is 2.52 bits per heavy atom. The Morgan fingerprint density at radius 2 is 1.78 bits per heavy atom. The van der Waals surface area contributed by atoms with E-state index in [-0.39, 0.29) is 0 Å². The van der Waals surface area contributed by atoms with Crippen LogP contribution < -0.4 is 5.32 Å². The van der Waals surface area contributed by atoms with Gasteiger partial charge in [0, 0.05) is 28.8 Å². The van der Waals surface area contributed by atoms with Gasteiger partial charge in [-0.2, -0.15) is 9.61 Å². The highest BCUT2D eigenvalue weighted by Gasteiger charge is 2.14. The predicted octanol–water partition coefficient (Wildman–Crippen LogP) is 5.93. The van der Waals surface area contributed by atoms with Crippen LogP contribution in [0.2, 0.25) is 5.02 Å². The number of anilines is 1. The molecule has 0 bridgehead atoms. The molecule has 4 nitrogen and oxygen atoms in total. The molecule has 2 aromatic heterocycles. The van der Waals surface area contributed by atoms with Crippen molar-refractivity contribution >= 4 is 23.1 Å². The van der Waals surface area contributed by atoms with Crippen molar-refractivity contribution in [2.24, 2.45) is 0 Å². The van der Waals surface area contributed by atoms with Crippen LogP contribution >= 0.6 is 11.6 Å². The standard InChI is InChI=1S/C22H21ClN4/c1-2-3-13-24-21-14-20(17-7-5-4-6-8-17)26-22-19(15-25-27(21)22)16-9-11-18(23)12-10-16/h4-12,14-15,24H,2-3,13H2,1H3. The Balaban J connectivity index is 1.86. The predicted molar refractivity (Wildman–Crippen MR) is 112 cm³/mol. The number of hydrogen-bond acceptors (Lipinski definition) is 3. The molecule has 1 N–H and O–H groups in total. The van der Waals surface area contributed by atoms with E-state index in [9.17, 15) is 0 Å². The molecule has 2 heterocycles. The van der Waals surface area contributed by atoms with Crippen molar-refractivity contribution in [3.8, 4) is 22.4 Å². The molecule has 0 aliphatic heterocycles. The molecule has 0 amide bonds. The van der Waals surface area contributed by atoms with Crippen LogP contribution in [-0.4, -0.2) is 21.1 Å². The fourth-order valence-corrected chi connectivity index (χ4v) is 3.20. The molecule has 0 saturated heterocycles. The molecule has 5 heteroatoms. The number of nitrogens with zero attached hydrogens (tertiary/aromatic N) is 3. The van der Waals surface area contributed by atoms with Gasteiger partial charge in [-0.3, -0.25) is 0 Å². The van der Waals surface area contributed by atoms with Gasteiger partial charge in [0.05, 0.1) is 11.9 Å². The van der Waals surface area contributed by atoms with Crippen LogP contribution in [-0.2, 0) is 0 Å². The molecule has 136 valence electrons. The van der Waals surface area contributed by atoms with Crippen LogP contribution in [0.15, 0.2) is 66.9 Å². The lowest BCUT2D eigenvalue weighted by molar-refractivity contribution is 0.820. The van der Waals surface area contributed by atoms with Gasteiger partial charge in [-0.05, 0) is 24.1 Å². The summed E-state index contributed by atoms with van der Waals surface area (Å²) in [4.78, 5) is 4.92. The third-order valence-electron chi connectivity index (χ3n) is 4.53. The summed E-state index contributed by atoms with van der Waals surface area (Å²) >= 11 is 6.05. The zero-order chi connectivity index (χ0) is 18.6. The quantitative estimate of drug-likeness (QED) is 0.424. The van der Waals surface area contributed by atoms with E-state index >= 15 is 0 Å². The molecule has 2 aromatic carbocycles. The maximum atomic E-state index is 6.05. The molecular formula is C22H21ClN4. The maximum Gasteiger partial charge on any atom is 0.165 e. The number of fused-ring (bicyclic) bond motifs is 1. The zero-order valence-corrected chi connectivity index (χ0v) is 15.9. The van der Waals surface area contributed by atoms with Crippen LogP contribution in [0.4, 0.5) is 5.82 Å². The van der Waals surface area contributed by atoms with Crippen molar-refractivity contribution in [1.29, 1.82) is 0 Å². The van der Waals surface area contributed by atoms with Gasteiger partial charge in [0.2, 0.25) is 0 Å². The monoisotopic (exact) mass is 376 g/mol. The lowest BCUT2D eigenvalue weighted by Gasteiger charge is -2.11. The van der Waals surface area contributed by atoms with Gasteiger partial charge >= 0.3 is 0 Å². The fourth-order valence-electron chi connectivity index (χ4n) is 3.07. The number of rotatable bonds is 6. The van der Waals surface area contributed by atoms with E-state index < -0.39 is 0 Å². The van der Waals surface area contributed by atoms with Crippen molar-refractivity contribution in [1.82, 2.24) is 14.6 Å². The minimum atomic E-state index is 0.718. The molecule has 4 aromatic rings. The van der Waals surface area contributed by atoms with E-state index in [1.54, 1.807) is 0 Å². The molecule has 0 saturated carbocycles. The molecule has 4 rings (SSSR count). The number of benzene rings is 2. The minimum Gasteiger partial charge on any atom is -0.370 e. The Bertz CT molecular complexity index is 1040. The van der Waals surface area contributed by atoms with E-state index in [4.69, 9.17) is 16.6 Å². The molecular weight excluding hydrogens is 356 g/mol. The second kappa shape index (κ2) is 7.80. The number of halogens is 1. The maximum absolute atomic E-state index is 6.05. The molecule has 0 radical (unpaired) electrons. The fraction of sp³-hybridized carbons (Fsp3) is 0.182.